The first-order valence-corrected chi connectivity index (χ1v) is 7.68. The number of rotatable bonds is 6. The number of hydrogen-bond acceptors (Lipinski definition) is 4. The second-order valence-electron chi connectivity index (χ2n) is 5.55. The zero-order valence-corrected chi connectivity index (χ0v) is 15.4. The fraction of sp³-hybridized carbons (Fsp3) is 0.312. The lowest BCUT2D eigenvalue weighted by Crippen LogP contribution is -2.48. The summed E-state index contributed by atoms with van der Waals surface area (Å²) in [6.45, 7) is 4.31. The summed E-state index contributed by atoms with van der Waals surface area (Å²) >= 11 is 3.36. The summed E-state index contributed by atoms with van der Waals surface area (Å²) in [7, 11) is 0. The fourth-order valence-corrected chi connectivity index (χ4v) is 1.95. The Balaban J connectivity index is 0.00000264. The van der Waals surface area contributed by atoms with E-state index in [-0.39, 0.29) is 30.7 Å². The first-order chi connectivity index (χ1) is 10.4. The van der Waals surface area contributed by atoms with Crippen LogP contribution in [0.4, 0.5) is 0 Å². The normalized spacial score (nSPS) is 10.8. The molecule has 23 heavy (non-hydrogen) atoms. The summed E-state index contributed by atoms with van der Waals surface area (Å²) in [6, 6.07) is 10.8. The number of furan rings is 1. The predicted octanol–water partition coefficient (Wildman–Crippen LogP) is 3.51. The molecule has 0 fully saturated rings. The highest BCUT2D eigenvalue weighted by Gasteiger charge is 2.21. The maximum absolute atomic E-state index is 12.0. The number of carbonyl (C=O) groups excluding carboxylic acids is 1. The summed E-state index contributed by atoms with van der Waals surface area (Å²) in [5.41, 5.74) is 5.12. The van der Waals surface area contributed by atoms with Crippen LogP contribution in [0, 0.1) is 0 Å². The number of amides is 1. The number of hydrogen-bond donors (Lipinski definition) is 2. The van der Waals surface area contributed by atoms with Gasteiger partial charge in [-0.1, -0.05) is 15.9 Å². The van der Waals surface area contributed by atoms with Gasteiger partial charge in [-0.15, -0.1) is 12.4 Å². The van der Waals surface area contributed by atoms with Crippen LogP contribution in [0.25, 0.3) is 0 Å². The zero-order chi connectivity index (χ0) is 16.2. The van der Waals surface area contributed by atoms with Gasteiger partial charge in [0.1, 0.15) is 18.1 Å². The SMILES string of the molecule is CC(C)(CN)NC(=O)c1ccc(COc2ccc(Br)cc2)o1.Cl. The highest BCUT2D eigenvalue weighted by molar-refractivity contribution is 9.10. The number of ether oxygens (including phenoxy) is 1. The van der Waals surface area contributed by atoms with Gasteiger partial charge < -0.3 is 20.2 Å². The van der Waals surface area contributed by atoms with E-state index in [1.807, 2.05) is 38.1 Å². The summed E-state index contributed by atoms with van der Waals surface area (Å²) < 4.78 is 12.1. The van der Waals surface area contributed by atoms with Gasteiger partial charge >= 0.3 is 0 Å². The van der Waals surface area contributed by atoms with Gasteiger partial charge in [0.15, 0.2) is 5.76 Å². The van der Waals surface area contributed by atoms with Crippen molar-refractivity contribution in [2.24, 2.45) is 5.73 Å². The van der Waals surface area contributed by atoms with Crippen molar-refractivity contribution in [3.63, 3.8) is 0 Å². The topological polar surface area (TPSA) is 77.5 Å². The number of nitrogens with two attached hydrogens (primary N) is 1. The lowest BCUT2D eigenvalue weighted by molar-refractivity contribution is 0.0883. The number of carbonyl (C=O) groups is 1. The van der Waals surface area contributed by atoms with E-state index in [1.54, 1.807) is 12.1 Å². The molecule has 0 radical (unpaired) electrons. The molecule has 0 spiro atoms. The van der Waals surface area contributed by atoms with Crippen molar-refractivity contribution in [2.45, 2.75) is 26.0 Å². The van der Waals surface area contributed by atoms with Crippen LogP contribution < -0.4 is 15.8 Å². The minimum atomic E-state index is -0.474. The second-order valence-corrected chi connectivity index (χ2v) is 6.47. The van der Waals surface area contributed by atoms with Gasteiger partial charge in [-0.25, -0.2) is 0 Å². The maximum atomic E-state index is 12.0. The quantitative estimate of drug-likeness (QED) is 0.774. The van der Waals surface area contributed by atoms with Crippen molar-refractivity contribution < 1.29 is 13.9 Å². The van der Waals surface area contributed by atoms with Crippen LogP contribution in [0.1, 0.15) is 30.2 Å². The molecular formula is C16H20BrClN2O3. The minimum absolute atomic E-state index is 0. The van der Waals surface area contributed by atoms with E-state index in [4.69, 9.17) is 14.9 Å². The molecule has 0 saturated carbocycles. The number of benzene rings is 1. The number of nitrogens with one attached hydrogen (secondary N) is 1. The Hall–Kier alpha value is -1.50. The first kappa shape index (κ1) is 19.5. The van der Waals surface area contributed by atoms with Crippen LogP contribution in [0.15, 0.2) is 45.3 Å². The van der Waals surface area contributed by atoms with E-state index >= 15 is 0 Å². The summed E-state index contributed by atoms with van der Waals surface area (Å²) in [5.74, 6) is 1.27. The van der Waals surface area contributed by atoms with Crippen LogP contribution in [-0.4, -0.2) is 18.0 Å². The molecule has 2 rings (SSSR count). The second kappa shape index (κ2) is 8.38. The highest BCUT2D eigenvalue weighted by Crippen LogP contribution is 2.18. The first-order valence-electron chi connectivity index (χ1n) is 6.89. The third kappa shape index (κ3) is 5.89. The van der Waals surface area contributed by atoms with Gasteiger partial charge in [0.05, 0.1) is 0 Å². The Morgan fingerprint density at radius 3 is 2.52 bits per heavy atom. The molecule has 7 heteroatoms. The largest absolute Gasteiger partial charge is 0.486 e. The molecule has 1 amide bonds. The minimum Gasteiger partial charge on any atom is -0.486 e. The van der Waals surface area contributed by atoms with E-state index in [0.29, 0.717) is 12.3 Å². The third-order valence-corrected chi connectivity index (χ3v) is 3.57. The summed E-state index contributed by atoms with van der Waals surface area (Å²) in [6.07, 6.45) is 0. The van der Waals surface area contributed by atoms with Crippen molar-refractivity contribution in [3.05, 3.63) is 52.4 Å². The molecule has 0 aliphatic rings. The lowest BCUT2D eigenvalue weighted by Gasteiger charge is -2.23. The van der Waals surface area contributed by atoms with Crippen molar-refractivity contribution in [1.82, 2.24) is 5.32 Å². The van der Waals surface area contributed by atoms with Gasteiger partial charge in [0, 0.05) is 16.6 Å². The Bertz CT molecular complexity index is 641. The van der Waals surface area contributed by atoms with Crippen molar-refractivity contribution in [3.8, 4) is 5.75 Å². The Kier molecular flexibility index (Phi) is 7.12. The van der Waals surface area contributed by atoms with Crippen molar-refractivity contribution in [2.75, 3.05) is 6.54 Å². The highest BCUT2D eigenvalue weighted by atomic mass is 79.9. The van der Waals surface area contributed by atoms with E-state index in [2.05, 4.69) is 21.2 Å². The standard InChI is InChI=1S/C16H19BrN2O3.ClH/c1-16(2,10-18)19-15(20)14-8-7-13(22-14)9-21-12-5-3-11(17)4-6-12;/h3-8H,9-10,18H2,1-2H3,(H,19,20);1H. The zero-order valence-electron chi connectivity index (χ0n) is 13.0. The molecule has 3 N–H and O–H groups in total. The molecule has 0 unspecified atom stereocenters. The van der Waals surface area contributed by atoms with Crippen LogP contribution in [0.2, 0.25) is 0 Å². The van der Waals surface area contributed by atoms with Gasteiger partial charge in [-0.3, -0.25) is 4.79 Å². The van der Waals surface area contributed by atoms with E-state index in [9.17, 15) is 4.79 Å². The molecule has 1 aromatic carbocycles. The van der Waals surface area contributed by atoms with Crippen LogP contribution >= 0.6 is 28.3 Å². The van der Waals surface area contributed by atoms with E-state index in [1.165, 1.54) is 0 Å². The molecule has 1 heterocycles. The molecule has 0 atom stereocenters. The van der Waals surface area contributed by atoms with E-state index < -0.39 is 5.54 Å². The lowest BCUT2D eigenvalue weighted by atomic mass is 10.1. The molecule has 1 aromatic heterocycles. The summed E-state index contributed by atoms with van der Waals surface area (Å²) in [4.78, 5) is 12.0. The molecule has 5 nitrogen and oxygen atoms in total. The van der Waals surface area contributed by atoms with E-state index in [0.717, 1.165) is 10.2 Å². The molecule has 0 bridgehead atoms. The molecule has 0 saturated heterocycles. The third-order valence-electron chi connectivity index (χ3n) is 3.04. The average Bonchev–Trinajstić information content (AvgIpc) is 2.95. The monoisotopic (exact) mass is 402 g/mol. The number of halogens is 2. The average molecular weight is 404 g/mol. The smallest absolute Gasteiger partial charge is 0.287 e. The molecule has 2 aromatic rings. The molecule has 0 aliphatic carbocycles. The van der Waals surface area contributed by atoms with Crippen LogP contribution in [0.5, 0.6) is 5.75 Å². The van der Waals surface area contributed by atoms with Crippen LogP contribution in [-0.2, 0) is 6.61 Å². The van der Waals surface area contributed by atoms with Gasteiger partial charge in [0.25, 0.3) is 5.91 Å². The van der Waals surface area contributed by atoms with Gasteiger partial charge in [-0.2, -0.15) is 0 Å². The van der Waals surface area contributed by atoms with Crippen molar-refractivity contribution in [1.29, 1.82) is 0 Å². The molecule has 0 aliphatic heterocycles. The van der Waals surface area contributed by atoms with Crippen LogP contribution in [0.3, 0.4) is 0 Å². The maximum Gasteiger partial charge on any atom is 0.287 e. The van der Waals surface area contributed by atoms with Gasteiger partial charge in [0.2, 0.25) is 0 Å². The Labute approximate surface area is 150 Å². The van der Waals surface area contributed by atoms with Gasteiger partial charge in [-0.05, 0) is 50.2 Å². The molecule has 126 valence electrons. The molecular weight excluding hydrogens is 384 g/mol. The summed E-state index contributed by atoms with van der Waals surface area (Å²) in [5, 5.41) is 2.81. The Morgan fingerprint density at radius 2 is 1.91 bits per heavy atom. The predicted molar refractivity (Wildman–Crippen MR) is 95.0 cm³/mol. The fourth-order valence-electron chi connectivity index (χ4n) is 1.68. The van der Waals surface area contributed by atoms with Crippen molar-refractivity contribution >= 4 is 34.2 Å². The Morgan fingerprint density at radius 1 is 1.26 bits per heavy atom.